The van der Waals surface area contributed by atoms with Gasteiger partial charge in [0.05, 0.1) is 17.7 Å². The van der Waals surface area contributed by atoms with Crippen LogP contribution in [0.15, 0.2) is 134 Å². The monoisotopic (exact) mass is 949 g/mol. The molecule has 1 fully saturated rings. The summed E-state index contributed by atoms with van der Waals surface area (Å²) in [6.07, 6.45) is 1.86. The number of nitrogens with zero attached hydrogens (tertiary/aromatic N) is 1. The van der Waals surface area contributed by atoms with Gasteiger partial charge in [0.25, 0.3) is 0 Å². The number of aromatic nitrogens is 1. The lowest BCUT2D eigenvalue weighted by Gasteiger charge is -2.33. The SMILES string of the molecule is C[C@@H](OC(C)(C)C)[C@H](NC(=O)[C@H](Cc1ccccc1)NC(=O)[C@@H](Cc1c[nH]c2ccccc12)NC(=O)[C@@H](N)Cc1cccc2ccccc12)C(=O)N[C@@H](Cc1ccccc1)C(=O)N1CCC[C@H]1C(=O)O. The van der Waals surface area contributed by atoms with Crippen molar-refractivity contribution in [1.82, 2.24) is 31.2 Å². The van der Waals surface area contributed by atoms with Crippen molar-refractivity contribution in [3.05, 3.63) is 156 Å². The molecule has 0 spiro atoms. The quantitative estimate of drug-likeness (QED) is 0.0538. The Morgan fingerprint density at radius 3 is 1.89 bits per heavy atom. The zero-order valence-electron chi connectivity index (χ0n) is 40.0. The van der Waals surface area contributed by atoms with Crippen LogP contribution in [0, 0.1) is 0 Å². The minimum absolute atomic E-state index is 0.00371. The lowest BCUT2D eigenvalue weighted by Crippen LogP contribution is -2.62. The van der Waals surface area contributed by atoms with E-state index in [0.717, 1.165) is 38.4 Å². The molecule has 0 radical (unpaired) electrons. The highest BCUT2D eigenvalue weighted by Gasteiger charge is 2.40. The molecule has 1 aromatic heterocycles. The summed E-state index contributed by atoms with van der Waals surface area (Å²) in [4.78, 5) is 89.4. The molecular formula is C55H63N7O8. The number of likely N-dealkylation sites (tertiary alicyclic amines) is 1. The fraction of sp³-hybridized carbons (Fsp3) is 0.345. The molecule has 7 atom stereocenters. The van der Waals surface area contributed by atoms with E-state index in [0.29, 0.717) is 12.0 Å². The molecule has 7 rings (SSSR count). The lowest BCUT2D eigenvalue weighted by atomic mass is 9.98. The van der Waals surface area contributed by atoms with E-state index in [-0.39, 0.29) is 38.6 Å². The third kappa shape index (κ3) is 13.0. The van der Waals surface area contributed by atoms with Crippen molar-refractivity contribution in [3.63, 3.8) is 0 Å². The molecule has 2 heterocycles. The standard InChI is InChI=1S/C55H63N7O8/c1-34(70-55(2,3)4)48(52(66)60-46(30-36-19-9-6-10-20-36)53(67)62-28-16-27-47(62)54(68)69)61-51(65)44(29-35-17-7-5-8-18-35)59-50(64)45(32-39-33-57-43-26-14-13-25-41(39)43)58-49(63)42(56)31-38-23-15-22-37-21-11-12-24-40(37)38/h5-15,17-26,33-34,42,44-48,57H,16,27-32,56H2,1-4H3,(H,58,63)(H,59,64)(H,60,66)(H,61,65)(H,68,69)/t34-,42+,44+,45-,46+,47+,48+/m1/s1. The van der Waals surface area contributed by atoms with Gasteiger partial charge in [-0.2, -0.15) is 0 Å². The third-order valence-electron chi connectivity index (χ3n) is 12.6. The molecule has 0 unspecified atom stereocenters. The van der Waals surface area contributed by atoms with Crippen LogP contribution >= 0.6 is 0 Å². The molecule has 1 saturated heterocycles. The number of rotatable bonds is 20. The van der Waals surface area contributed by atoms with Crippen LogP contribution in [0.4, 0.5) is 0 Å². The lowest BCUT2D eigenvalue weighted by molar-refractivity contribution is -0.150. The van der Waals surface area contributed by atoms with Gasteiger partial charge < -0.3 is 46.7 Å². The summed E-state index contributed by atoms with van der Waals surface area (Å²) in [5.74, 6) is -4.41. The maximum atomic E-state index is 14.8. The molecule has 0 saturated carbocycles. The van der Waals surface area contributed by atoms with Crippen molar-refractivity contribution >= 4 is 57.2 Å². The van der Waals surface area contributed by atoms with Gasteiger partial charge in [-0.15, -0.1) is 0 Å². The maximum absolute atomic E-state index is 14.8. The number of carboxylic acid groups (broad SMARTS) is 1. The zero-order valence-corrected chi connectivity index (χ0v) is 40.0. The Kier molecular flexibility index (Phi) is 16.5. The van der Waals surface area contributed by atoms with Crippen molar-refractivity contribution in [2.75, 3.05) is 6.54 Å². The third-order valence-corrected chi connectivity index (χ3v) is 12.6. The van der Waals surface area contributed by atoms with Gasteiger partial charge >= 0.3 is 5.97 Å². The molecule has 15 nitrogen and oxygen atoms in total. The van der Waals surface area contributed by atoms with Gasteiger partial charge in [0.1, 0.15) is 30.2 Å². The minimum atomic E-state index is -1.41. The Bertz CT molecular complexity index is 2790. The number of para-hydroxylation sites is 1. The first kappa shape index (κ1) is 50.5. The molecule has 366 valence electrons. The first-order valence-corrected chi connectivity index (χ1v) is 23.8. The molecule has 5 amide bonds. The Labute approximate surface area is 407 Å². The van der Waals surface area contributed by atoms with E-state index in [1.807, 2.05) is 91.0 Å². The molecule has 8 N–H and O–H groups in total. The van der Waals surface area contributed by atoms with Crippen molar-refractivity contribution in [2.24, 2.45) is 5.73 Å². The molecule has 0 bridgehead atoms. The fourth-order valence-electron chi connectivity index (χ4n) is 9.21. The van der Waals surface area contributed by atoms with Crippen LogP contribution in [0.2, 0.25) is 0 Å². The summed E-state index contributed by atoms with van der Waals surface area (Å²) in [6, 6.07) is 32.1. The summed E-state index contributed by atoms with van der Waals surface area (Å²) in [5.41, 5.74) is 9.69. The predicted octanol–water partition coefficient (Wildman–Crippen LogP) is 5.14. The van der Waals surface area contributed by atoms with E-state index in [1.165, 1.54) is 4.90 Å². The first-order valence-electron chi connectivity index (χ1n) is 23.8. The molecule has 15 heteroatoms. The van der Waals surface area contributed by atoms with Gasteiger partial charge in [-0.1, -0.05) is 121 Å². The van der Waals surface area contributed by atoms with Crippen molar-refractivity contribution in [2.45, 2.75) is 114 Å². The highest BCUT2D eigenvalue weighted by Crippen LogP contribution is 2.23. The Morgan fingerprint density at radius 2 is 1.21 bits per heavy atom. The minimum Gasteiger partial charge on any atom is -0.480 e. The number of carbonyl (C=O) groups excluding carboxylic acids is 5. The molecule has 1 aliphatic rings. The number of aromatic amines is 1. The molecular weight excluding hydrogens is 887 g/mol. The predicted molar refractivity (Wildman–Crippen MR) is 268 cm³/mol. The number of ether oxygens (including phenoxy) is 1. The summed E-state index contributed by atoms with van der Waals surface area (Å²) >= 11 is 0. The van der Waals surface area contributed by atoms with Crippen LogP contribution in [0.3, 0.4) is 0 Å². The number of aliphatic carboxylic acids is 1. The fourth-order valence-corrected chi connectivity index (χ4v) is 9.21. The second kappa shape index (κ2) is 22.8. The van der Waals surface area contributed by atoms with Gasteiger partial charge in [0.15, 0.2) is 0 Å². The number of nitrogens with two attached hydrogens (primary N) is 1. The topological polar surface area (TPSA) is 225 Å². The largest absolute Gasteiger partial charge is 0.480 e. The number of hydrogen-bond acceptors (Lipinski definition) is 8. The first-order chi connectivity index (χ1) is 33.5. The average Bonchev–Trinajstić information content (AvgIpc) is 4.01. The second-order valence-electron chi connectivity index (χ2n) is 19.0. The molecule has 5 aromatic carbocycles. The van der Waals surface area contributed by atoms with Gasteiger partial charge in [0, 0.05) is 42.9 Å². The van der Waals surface area contributed by atoms with Gasteiger partial charge in [-0.05, 0) is 86.1 Å². The maximum Gasteiger partial charge on any atom is 0.326 e. The average molecular weight is 950 g/mol. The summed E-state index contributed by atoms with van der Waals surface area (Å²) in [7, 11) is 0. The Balaban J connectivity index is 1.17. The van der Waals surface area contributed by atoms with Crippen LogP contribution in [0.5, 0.6) is 0 Å². The van der Waals surface area contributed by atoms with Crippen molar-refractivity contribution in [1.29, 1.82) is 0 Å². The molecule has 0 aliphatic carbocycles. The normalized spacial score (nSPS) is 16.4. The van der Waals surface area contributed by atoms with Gasteiger partial charge in [-0.3, -0.25) is 24.0 Å². The number of carbonyl (C=O) groups is 6. The van der Waals surface area contributed by atoms with Crippen molar-refractivity contribution in [3.8, 4) is 0 Å². The zero-order chi connectivity index (χ0) is 50.0. The van der Waals surface area contributed by atoms with Crippen LogP contribution in [0.1, 0.15) is 62.8 Å². The van der Waals surface area contributed by atoms with E-state index in [2.05, 4.69) is 26.3 Å². The van der Waals surface area contributed by atoms with E-state index >= 15 is 0 Å². The van der Waals surface area contributed by atoms with Crippen LogP contribution in [0.25, 0.3) is 21.7 Å². The van der Waals surface area contributed by atoms with Crippen molar-refractivity contribution < 1.29 is 38.6 Å². The number of amides is 5. The summed E-state index contributed by atoms with van der Waals surface area (Å²) < 4.78 is 6.28. The van der Waals surface area contributed by atoms with Crippen LogP contribution in [-0.4, -0.2) is 105 Å². The van der Waals surface area contributed by atoms with E-state index in [1.54, 1.807) is 70.3 Å². The Morgan fingerprint density at radius 1 is 0.657 bits per heavy atom. The number of fused-ring (bicyclic) bond motifs is 2. The van der Waals surface area contributed by atoms with Gasteiger partial charge in [0.2, 0.25) is 29.5 Å². The van der Waals surface area contributed by atoms with E-state index < -0.39 is 83.5 Å². The van der Waals surface area contributed by atoms with E-state index in [9.17, 15) is 33.9 Å². The molecule has 70 heavy (non-hydrogen) atoms. The smallest absolute Gasteiger partial charge is 0.326 e. The highest BCUT2D eigenvalue weighted by atomic mass is 16.5. The number of carboxylic acids is 1. The summed E-state index contributed by atoms with van der Waals surface area (Å²) in [5, 5.41) is 24.3. The number of benzene rings is 5. The number of nitrogens with one attached hydrogen (secondary N) is 5. The summed E-state index contributed by atoms with van der Waals surface area (Å²) in [6.45, 7) is 7.24. The van der Waals surface area contributed by atoms with Gasteiger partial charge in [-0.25, -0.2) is 4.79 Å². The highest BCUT2D eigenvalue weighted by molar-refractivity contribution is 5.97. The van der Waals surface area contributed by atoms with Crippen LogP contribution in [-0.2, 0) is 59.2 Å². The number of H-pyrrole nitrogens is 1. The number of hydrogen-bond donors (Lipinski definition) is 7. The Hall–Kier alpha value is -7.36. The molecule has 6 aromatic rings. The van der Waals surface area contributed by atoms with E-state index in [4.69, 9.17) is 10.5 Å². The van der Waals surface area contributed by atoms with Crippen LogP contribution < -0.4 is 27.0 Å². The molecule has 1 aliphatic heterocycles. The second-order valence-corrected chi connectivity index (χ2v) is 19.0.